The average molecular weight is 325 g/mol. The minimum Gasteiger partial charge on any atom is -0.369 e. The molecule has 0 saturated carbocycles. The molecule has 0 saturated heterocycles. The number of aryl methyl sites for hydroxylation is 1. The molecule has 2 aromatic rings. The maximum absolute atomic E-state index is 11.6. The first-order valence-electron chi connectivity index (χ1n) is 6.29. The van der Waals surface area contributed by atoms with Gasteiger partial charge >= 0.3 is 0 Å². The van der Waals surface area contributed by atoms with Crippen molar-refractivity contribution in [2.24, 2.45) is 0 Å². The van der Waals surface area contributed by atoms with Crippen LogP contribution in [0.1, 0.15) is 19.8 Å². The van der Waals surface area contributed by atoms with Gasteiger partial charge in [0.05, 0.1) is 11.0 Å². The highest BCUT2D eigenvalue weighted by Gasteiger charge is 2.10. The van der Waals surface area contributed by atoms with Crippen LogP contribution in [0.4, 0.5) is 5.95 Å². The maximum Gasteiger partial charge on any atom is 0.221 e. The van der Waals surface area contributed by atoms with Gasteiger partial charge in [-0.1, -0.05) is 22.9 Å². The van der Waals surface area contributed by atoms with Gasteiger partial charge < -0.3 is 15.6 Å². The van der Waals surface area contributed by atoms with Crippen LogP contribution in [0.15, 0.2) is 22.7 Å². The molecule has 3 N–H and O–H groups in total. The molecule has 6 heteroatoms. The van der Waals surface area contributed by atoms with Crippen LogP contribution in [0.2, 0.25) is 0 Å². The summed E-state index contributed by atoms with van der Waals surface area (Å²) in [6.45, 7) is 3.28. The third kappa shape index (κ3) is 3.26. The maximum atomic E-state index is 11.6. The lowest BCUT2D eigenvalue weighted by Crippen LogP contribution is -2.25. The van der Waals surface area contributed by atoms with Gasteiger partial charge in [-0.3, -0.25) is 4.79 Å². The summed E-state index contributed by atoms with van der Waals surface area (Å²) in [6.07, 6.45) is 1.34. The standard InChI is InChI=1S/C13H17BrN4O/c1-2-6-16-12(19)5-7-18-11-8-9(14)3-4-10(11)17-13(18)15/h3-4,8H,2,5-7H2,1H3,(H2,15,17)(H,16,19). The van der Waals surface area contributed by atoms with E-state index in [0.717, 1.165) is 21.9 Å². The zero-order valence-electron chi connectivity index (χ0n) is 10.8. The van der Waals surface area contributed by atoms with Crippen molar-refractivity contribution >= 4 is 38.8 Å². The predicted molar refractivity (Wildman–Crippen MR) is 79.8 cm³/mol. The molecule has 5 nitrogen and oxygen atoms in total. The third-order valence-corrected chi connectivity index (χ3v) is 3.37. The number of nitrogens with one attached hydrogen (secondary N) is 1. The van der Waals surface area contributed by atoms with Crippen molar-refractivity contribution < 1.29 is 4.79 Å². The van der Waals surface area contributed by atoms with Crippen LogP contribution in [0.5, 0.6) is 0 Å². The number of carbonyl (C=O) groups is 1. The monoisotopic (exact) mass is 324 g/mol. The second-order valence-corrected chi connectivity index (χ2v) is 5.27. The molecule has 0 spiro atoms. The fourth-order valence-corrected chi connectivity index (χ4v) is 2.26. The Morgan fingerprint density at radius 2 is 2.32 bits per heavy atom. The van der Waals surface area contributed by atoms with Crippen molar-refractivity contribution in [1.82, 2.24) is 14.9 Å². The highest BCUT2D eigenvalue weighted by molar-refractivity contribution is 9.10. The fourth-order valence-electron chi connectivity index (χ4n) is 1.92. The molecule has 102 valence electrons. The number of hydrogen-bond donors (Lipinski definition) is 2. The number of amides is 1. The van der Waals surface area contributed by atoms with Gasteiger partial charge in [-0.15, -0.1) is 0 Å². The van der Waals surface area contributed by atoms with Crippen molar-refractivity contribution in [2.75, 3.05) is 12.3 Å². The van der Waals surface area contributed by atoms with Crippen molar-refractivity contribution in [2.45, 2.75) is 26.3 Å². The molecular formula is C13H17BrN4O. The molecule has 0 radical (unpaired) electrons. The summed E-state index contributed by atoms with van der Waals surface area (Å²) >= 11 is 3.43. The molecule has 19 heavy (non-hydrogen) atoms. The van der Waals surface area contributed by atoms with E-state index >= 15 is 0 Å². The molecule has 1 aromatic carbocycles. The van der Waals surface area contributed by atoms with Crippen LogP contribution in [0, 0.1) is 0 Å². The fraction of sp³-hybridized carbons (Fsp3) is 0.385. The van der Waals surface area contributed by atoms with Gasteiger partial charge in [0.25, 0.3) is 0 Å². The molecule has 0 fully saturated rings. The van der Waals surface area contributed by atoms with E-state index in [0.29, 0.717) is 25.5 Å². The van der Waals surface area contributed by atoms with Crippen molar-refractivity contribution in [3.8, 4) is 0 Å². The van der Waals surface area contributed by atoms with E-state index in [2.05, 4.69) is 26.2 Å². The average Bonchev–Trinajstić information content (AvgIpc) is 2.69. The van der Waals surface area contributed by atoms with Gasteiger partial charge in [0, 0.05) is 24.0 Å². The number of fused-ring (bicyclic) bond motifs is 1. The van der Waals surface area contributed by atoms with Crippen LogP contribution < -0.4 is 11.1 Å². The Morgan fingerprint density at radius 3 is 3.05 bits per heavy atom. The van der Waals surface area contributed by atoms with Crippen molar-refractivity contribution in [3.63, 3.8) is 0 Å². The zero-order valence-corrected chi connectivity index (χ0v) is 12.4. The summed E-state index contributed by atoms with van der Waals surface area (Å²) in [5.41, 5.74) is 7.68. The number of carbonyl (C=O) groups excluding carboxylic acids is 1. The number of imidazole rings is 1. The Labute approximate surface area is 120 Å². The molecule has 0 atom stereocenters. The van der Waals surface area contributed by atoms with Crippen molar-refractivity contribution in [3.05, 3.63) is 22.7 Å². The second kappa shape index (κ2) is 6.06. The van der Waals surface area contributed by atoms with Crippen LogP contribution in [-0.2, 0) is 11.3 Å². The highest BCUT2D eigenvalue weighted by atomic mass is 79.9. The van der Waals surface area contributed by atoms with Gasteiger partial charge in [-0.25, -0.2) is 4.98 Å². The molecule has 2 rings (SSSR count). The Balaban J connectivity index is 2.13. The lowest BCUT2D eigenvalue weighted by molar-refractivity contribution is -0.121. The number of hydrogen-bond acceptors (Lipinski definition) is 3. The Kier molecular flexibility index (Phi) is 4.42. The van der Waals surface area contributed by atoms with Crippen molar-refractivity contribution in [1.29, 1.82) is 0 Å². The highest BCUT2D eigenvalue weighted by Crippen LogP contribution is 2.22. The lowest BCUT2D eigenvalue weighted by Gasteiger charge is -2.07. The number of benzene rings is 1. The minimum atomic E-state index is 0.0399. The van der Waals surface area contributed by atoms with Gasteiger partial charge in [-0.2, -0.15) is 0 Å². The first-order chi connectivity index (χ1) is 9.11. The zero-order chi connectivity index (χ0) is 13.8. The summed E-state index contributed by atoms with van der Waals surface area (Å²) in [7, 11) is 0. The SMILES string of the molecule is CCCNC(=O)CCn1c(N)nc2ccc(Br)cc21. The molecule has 1 aromatic heterocycles. The van der Waals surface area contributed by atoms with Crippen LogP contribution in [0.25, 0.3) is 11.0 Å². The van der Waals surface area contributed by atoms with E-state index in [1.54, 1.807) is 0 Å². The number of halogens is 1. The largest absolute Gasteiger partial charge is 0.369 e. The molecule has 1 heterocycles. The molecule has 0 aliphatic rings. The summed E-state index contributed by atoms with van der Waals surface area (Å²) < 4.78 is 2.84. The predicted octanol–water partition coefficient (Wildman–Crippen LogP) is 2.30. The molecule has 0 unspecified atom stereocenters. The van der Waals surface area contributed by atoms with E-state index in [9.17, 15) is 4.79 Å². The molecule has 0 aliphatic heterocycles. The van der Waals surface area contributed by atoms with E-state index in [4.69, 9.17) is 5.73 Å². The Morgan fingerprint density at radius 1 is 1.53 bits per heavy atom. The Hall–Kier alpha value is -1.56. The quantitative estimate of drug-likeness (QED) is 0.886. The topological polar surface area (TPSA) is 72.9 Å². The normalized spacial score (nSPS) is 10.8. The smallest absolute Gasteiger partial charge is 0.221 e. The minimum absolute atomic E-state index is 0.0399. The van der Waals surface area contributed by atoms with E-state index in [1.165, 1.54) is 0 Å². The molecule has 0 bridgehead atoms. The van der Waals surface area contributed by atoms with Crippen LogP contribution in [0.3, 0.4) is 0 Å². The second-order valence-electron chi connectivity index (χ2n) is 4.35. The van der Waals surface area contributed by atoms with E-state index < -0.39 is 0 Å². The van der Waals surface area contributed by atoms with E-state index in [1.807, 2.05) is 29.7 Å². The first-order valence-corrected chi connectivity index (χ1v) is 7.09. The van der Waals surface area contributed by atoms with Gasteiger partial charge in [0.15, 0.2) is 0 Å². The van der Waals surface area contributed by atoms with Crippen LogP contribution in [-0.4, -0.2) is 22.0 Å². The Bertz CT molecular complexity index is 594. The number of anilines is 1. The summed E-state index contributed by atoms with van der Waals surface area (Å²) in [5.74, 6) is 0.481. The van der Waals surface area contributed by atoms with Crippen LogP contribution >= 0.6 is 15.9 Å². The summed E-state index contributed by atoms with van der Waals surface area (Å²) in [6, 6.07) is 5.79. The number of nitrogens with two attached hydrogens (primary N) is 1. The van der Waals surface area contributed by atoms with Gasteiger partial charge in [0.1, 0.15) is 0 Å². The lowest BCUT2D eigenvalue weighted by atomic mass is 10.3. The molecule has 1 amide bonds. The number of nitrogens with zero attached hydrogens (tertiary/aromatic N) is 2. The van der Waals surface area contributed by atoms with Gasteiger partial charge in [0.2, 0.25) is 11.9 Å². The molecule has 0 aliphatic carbocycles. The number of rotatable bonds is 5. The molecular weight excluding hydrogens is 308 g/mol. The number of aromatic nitrogens is 2. The van der Waals surface area contributed by atoms with Gasteiger partial charge in [-0.05, 0) is 24.6 Å². The summed E-state index contributed by atoms with van der Waals surface area (Å²) in [5, 5.41) is 2.85. The van der Waals surface area contributed by atoms with E-state index in [-0.39, 0.29) is 5.91 Å². The third-order valence-electron chi connectivity index (χ3n) is 2.87. The number of nitrogen functional groups attached to an aromatic ring is 1. The summed E-state index contributed by atoms with van der Waals surface area (Å²) in [4.78, 5) is 15.9. The first kappa shape index (κ1) is 13.9.